The van der Waals surface area contributed by atoms with Crippen LogP contribution in [0.15, 0.2) is 60.7 Å². The van der Waals surface area contributed by atoms with E-state index in [1.165, 1.54) is 0 Å². The number of alkyl halides is 1. The minimum atomic E-state index is -1.48. The van der Waals surface area contributed by atoms with E-state index in [0.717, 1.165) is 0 Å². The number of hydrogen-bond acceptors (Lipinski definition) is 4. The lowest BCUT2D eigenvalue weighted by molar-refractivity contribution is -0.0377. The van der Waals surface area contributed by atoms with Gasteiger partial charge in [-0.05, 0) is 35.9 Å². The van der Waals surface area contributed by atoms with Gasteiger partial charge in [0.05, 0.1) is 11.1 Å². The maximum absolute atomic E-state index is 11.7. The van der Waals surface area contributed by atoms with E-state index >= 15 is 0 Å². The van der Waals surface area contributed by atoms with E-state index in [1.807, 2.05) is 0 Å². The molecule has 0 bridgehead atoms. The molecule has 2 aromatic rings. The summed E-state index contributed by atoms with van der Waals surface area (Å²) in [5.74, 6) is -2.80. The fourth-order valence-electron chi connectivity index (χ4n) is 1.48. The van der Waals surface area contributed by atoms with Gasteiger partial charge in [-0.1, -0.05) is 36.4 Å². The monoisotopic (exact) mass is 290 g/mol. The van der Waals surface area contributed by atoms with Gasteiger partial charge in [-0.2, -0.15) is 0 Å². The minimum Gasteiger partial charge on any atom is -0.407 e. The van der Waals surface area contributed by atoms with E-state index in [2.05, 4.69) is 0 Å². The molecule has 0 radical (unpaired) electrons. The van der Waals surface area contributed by atoms with Crippen molar-refractivity contribution in [3.8, 4) is 0 Å². The third-order valence-electron chi connectivity index (χ3n) is 2.42. The molecule has 2 aromatic carbocycles. The Bertz CT molecular complexity index is 530. The highest BCUT2D eigenvalue weighted by atomic mass is 35.5. The SMILES string of the molecule is O=C(OC(Cl)OC(=O)c1ccccc1)c1ccccc1. The Labute approximate surface area is 120 Å². The van der Waals surface area contributed by atoms with E-state index in [1.54, 1.807) is 60.7 Å². The Kier molecular flexibility index (Phi) is 4.74. The maximum Gasteiger partial charge on any atom is 0.342 e. The summed E-state index contributed by atoms with van der Waals surface area (Å²) in [5.41, 5.74) is 0.655. The van der Waals surface area contributed by atoms with E-state index in [0.29, 0.717) is 11.1 Å². The summed E-state index contributed by atoms with van der Waals surface area (Å²) in [7, 11) is 0. The molecule has 0 unspecified atom stereocenters. The van der Waals surface area contributed by atoms with Crippen LogP contribution in [0.4, 0.5) is 0 Å². The van der Waals surface area contributed by atoms with Crippen LogP contribution in [0.3, 0.4) is 0 Å². The van der Waals surface area contributed by atoms with Gasteiger partial charge in [0.25, 0.3) is 0 Å². The smallest absolute Gasteiger partial charge is 0.342 e. The molecule has 0 aromatic heterocycles. The van der Waals surface area contributed by atoms with Gasteiger partial charge in [-0.15, -0.1) is 0 Å². The first kappa shape index (κ1) is 14.1. The highest BCUT2D eigenvalue weighted by Gasteiger charge is 2.18. The Morgan fingerprint density at radius 1 is 0.750 bits per heavy atom. The van der Waals surface area contributed by atoms with Crippen molar-refractivity contribution in [2.24, 2.45) is 0 Å². The lowest BCUT2D eigenvalue weighted by Crippen LogP contribution is -2.19. The van der Waals surface area contributed by atoms with Gasteiger partial charge in [0.2, 0.25) is 0 Å². The second kappa shape index (κ2) is 6.73. The lowest BCUT2D eigenvalue weighted by Gasteiger charge is -2.12. The topological polar surface area (TPSA) is 52.6 Å². The van der Waals surface area contributed by atoms with Crippen molar-refractivity contribution in [1.82, 2.24) is 0 Å². The van der Waals surface area contributed by atoms with Crippen molar-refractivity contribution in [1.29, 1.82) is 0 Å². The van der Waals surface area contributed by atoms with Gasteiger partial charge in [0.1, 0.15) is 0 Å². The van der Waals surface area contributed by atoms with Crippen molar-refractivity contribution in [2.45, 2.75) is 5.75 Å². The minimum absolute atomic E-state index is 0.328. The molecule has 0 N–H and O–H groups in total. The van der Waals surface area contributed by atoms with Crippen LogP contribution in [0, 0.1) is 0 Å². The van der Waals surface area contributed by atoms with Crippen LogP contribution in [-0.4, -0.2) is 17.7 Å². The summed E-state index contributed by atoms with van der Waals surface area (Å²) in [6.45, 7) is 0. The van der Waals surface area contributed by atoms with Crippen LogP contribution in [-0.2, 0) is 9.47 Å². The molecule has 4 nitrogen and oxygen atoms in total. The molecule has 0 saturated carbocycles. The number of carbonyl (C=O) groups excluding carboxylic acids is 2. The third kappa shape index (κ3) is 3.83. The Hall–Kier alpha value is -2.33. The summed E-state index contributed by atoms with van der Waals surface area (Å²) >= 11 is 5.68. The third-order valence-corrected chi connectivity index (χ3v) is 2.60. The van der Waals surface area contributed by atoms with Crippen LogP contribution in [0.1, 0.15) is 20.7 Å². The second-order valence-corrected chi connectivity index (χ2v) is 4.17. The molecule has 0 saturated heterocycles. The van der Waals surface area contributed by atoms with E-state index in [-0.39, 0.29) is 0 Å². The molecule has 0 aliphatic carbocycles. The lowest BCUT2D eigenvalue weighted by atomic mass is 10.2. The molecule has 0 aliphatic rings. The molecule has 0 aliphatic heterocycles. The van der Waals surface area contributed by atoms with Crippen molar-refractivity contribution in [3.05, 3.63) is 71.8 Å². The average molecular weight is 291 g/mol. The molecule has 0 heterocycles. The number of carbonyl (C=O) groups is 2. The van der Waals surface area contributed by atoms with Gasteiger partial charge >= 0.3 is 17.7 Å². The summed E-state index contributed by atoms with van der Waals surface area (Å²) in [6.07, 6.45) is 0. The highest BCUT2D eigenvalue weighted by molar-refractivity contribution is 6.20. The fraction of sp³-hybridized carbons (Fsp3) is 0.0667. The zero-order valence-electron chi connectivity index (χ0n) is 10.4. The van der Waals surface area contributed by atoms with Crippen LogP contribution in [0.2, 0.25) is 0 Å². The van der Waals surface area contributed by atoms with Crippen LogP contribution >= 0.6 is 11.6 Å². The molecule has 2 rings (SSSR count). The quantitative estimate of drug-likeness (QED) is 0.493. The molecule has 0 atom stereocenters. The molecule has 0 fully saturated rings. The highest BCUT2D eigenvalue weighted by Crippen LogP contribution is 2.10. The Morgan fingerprint density at radius 2 is 1.10 bits per heavy atom. The number of benzene rings is 2. The molecule has 20 heavy (non-hydrogen) atoms. The predicted molar refractivity (Wildman–Crippen MR) is 73.4 cm³/mol. The van der Waals surface area contributed by atoms with Crippen molar-refractivity contribution >= 4 is 23.5 Å². The second-order valence-electron chi connectivity index (χ2n) is 3.82. The first-order chi connectivity index (χ1) is 9.66. The maximum atomic E-state index is 11.7. The number of halogens is 1. The number of rotatable bonds is 4. The van der Waals surface area contributed by atoms with E-state index in [9.17, 15) is 9.59 Å². The Morgan fingerprint density at radius 3 is 1.45 bits per heavy atom. The fourth-order valence-corrected chi connectivity index (χ4v) is 1.64. The normalized spacial score (nSPS) is 10.1. The molecule has 0 spiro atoms. The van der Waals surface area contributed by atoms with E-state index < -0.39 is 17.7 Å². The van der Waals surface area contributed by atoms with Crippen LogP contribution < -0.4 is 0 Å². The van der Waals surface area contributed by atoms with Gasteiger partial charge in [0, 0.05) is 0 Å². The molecule has 5 heteroatoms. The molecule has 102 valence electrons. The zero-order chi connectivity index (χ0) is 14.4. The largest absolute Gasteiger partial charge is 0.407 e. The molecule has 0 amide bonds. The van der Waals surface area contributed by atoms with E-state index in [4.69, 9.17) is 21.1 Å². The number of esters is 2. The molecular weight excluding hydrogens is 280 g/mol. The summed E-state index contributed by atoms with van der Waals surface area (Å²) in [6, 6.07) is 16.6. The predicted octanol–water partition coefficient (Wildman–Crippen LogP) is 3.22. The van der Waals surface area contributed by atoms with Gasteiger partial charge in [-0.3, -0.25) is 0 Å². The van der Waals surface area contributed by atoms with Crippen molar-refractivity contribution in [2.75, 3.05) is 0 Å². The Balaban J connectivity index is 1.91. The zero-order valence-corrected chi connectivity index (χ0v) is 11.1. The summed E-state index contributed by atoms with van der Waals surface area (Å²) in [4.78, 5) is 23.4. The van der Waals surface area contributed by atoms with Gasteiger partial charge in [-0.25, -0.2) is 9.59 Å². The first-order valence-electron chi connectivity index (χ1n) is 5.83. The average Bonchev–Trinajstić information content (AvgIpc) is 2.49. The number of ether oxygens (including phenoxy) is 2. The number of hydrogen-bond donors (Lipinski definition) is 0. The van der Waals surface area contributed by atoms with Crippen molar-refractivity contribution in [3.63, 3.8) is 0 Å². The van der Waals surface area contributed by atoms with Crippen LogP contribution in [0.25, 0.3) is 0 Å². The summed E-state index contributed by atoms with van der Waals surface area (Å²) < 4.78 is 9.62. The first-order valence-corrected chi connectivity index (χ1v) is 6.26. The molecular formula is C15H11ClO4. The standard InChI is InChI=1S/C15H11ClO4/c16-15(19-13(17)11-7-3-1-4-8-11)20-14(18)12-9-5-2-6-10-12/h1-10,15H. The van der Waals surface area contributed by atoms with Crippen LogP contribution in [0.5, 0.6) is 0 Å². The summed E-state index contributed by atoms with van der Waals surface area (Å²) in [5, 5.41) is 0. The van der Waals surface area contributed by atoms with Gasteiger partial charge < -0.3 is 9.47 Å². The van der Waals surface area contributed by atoms with Crippen molar-refractivity contribution < 1.29 is 19.1 Å². The van der Waals surface area contributed by atoms with Gasteiger partial charge in [0.15, 0.2) is 0 Å².